The highest BCUT2D eigenvalue weighted by molar-refractivity contribution is 6.42. The van der Waals surface area contributed by atoms with Gasteiger partial charge in [-0.15, -0.1) is 0 Å². The van der Waals surface area contributed by atoms with E-state index in [4.69, 9.17) is 23.2 Å². The third-order valence-corrected chi connectivity index (χ3v) is 3.17. The molecule has 1 N–H and O–H groups in total. The molecular weight excluding hydrogens is 303 g/mol. The Labute approximate surface area is 124 Å². The van der Waals surface area contributed by atoms with Gasteiger partial charge in [0.15, 0.2) is 0 Å². The first-order valence-corrected chi connectivity index (χ1v) is 6.16. The topological polar surface area (TPSA) is 82.1 Å². The van der Waals surface area contributed by atoms with Crippen molar-refractivity contribution in [3.05, 3.63) is 57.8 Å². The molecule has 1 amide bonds. The standard InChI is InChI=1S/C13H8Cl2N2O3/c14-10-4-8(9(13(19)20)5-11(10)15)12(18)17-7-2-1-3-16-6-7/h1-6H,(H,17,18)(H,19,20)/p-1. The third kappa shape index (κ3) is 3.07. The predicted octanol–water partition coefficient (Wildman–Crippen LogP) is 2.00. The van der Waals surface area contributed by atoms with Crippen LogP contribution in [-0.2, 0) is 0 Å². The molecule has 0 unspecified atom stereocenters. The third-order valence-electron chi connectivity index (χ3n) is 2.44. The van der Waals surface area contributed by atoms with Crippen LogP contribution in [-0.4, -0.2) is 16.9 Å². The van der Waals surface area contributed by atoms with Gasteiger partial charge in [-0.05, 0) is 24.3 Å². The van der Waals surface area contributed by atoms with E-state index in [1.807, 2.05) is 0 Å². The lowest BCUT2D eigenvalue weighted by Crippen LogP contribution is -2.26. The molecule has 0 aliphatic carbocycles. The number of aromatic nitrogens is 1. The van der Waals surface area contributed by atoms with Crippen LogP contribution in [0.2, 0.25) is 10.0 Å². The smallest absolute Gasteiger partial charge is 0.256 e. The van der Waals surface area contributed by atoms with Crippen LogP contribution in [0, 0.1) is 0 Å². The maximum absolute atomic E-state index is 12.1. The molecule has 0 atom stereocenters. The number of aromatic carboxylic acids is 1. The molecule has 0 bridgehead atoms. The van der Waals surface area contributed by atoms with Crippen LogP contribution in [0.4, 0.5) is 5.69 Å². The van der Waals surface area contributed by atoms with Crippen molar-refractivity contribution in [2.75, 3.05) is 5.32 Å². The number of hydrogen-bond acceptors (Lipinski definition) is 4. The molecule has 102 valence electrons. The molecule has 0 spiro atoms. The lowest BCUT2D eigenvalue weighted by Gasteiger charge is -2.12. The van der Waals surface area contributed by atoms with E-state index < -0.39 is 11.9 Å². The van der Waals surface area contributed by atoms with Crippen LogP contribution in [0.25, 0.3) is 0 Å². The quantitative estimate of drug-likeness (QED) is 0.940. The van der Waals surface area contributed by atoms with E-state index in [0.717, 1.165) is 6.07 Å². The summed E-state index contributed by atoms with van der Waals surface area (Å²) in [5.74, 6) is -2.16. The van der Waals surface area contributed by atoms with E-state index in [-0.39, 0.29) is 21.2 Å². The van der Waals surface area contributed by atoms with Gasteiger partial charge in [0.1, 0.15) is 0 Å². The molecule has 7 heteroatoms. The van der Waals surface area contributed by atoms with Gasteiger partial charge in [0.05, 0.1) is 33.5 Å². The summed E-state index contributed by atoms with van der Waals surface area (Å²) in [6.07, 6.45) is 2.97. The molecule has 0 aliphatic heterocycles. The Morgan fingerprint density at radius 3 is 2.35 bits per heavy atom. The largest absolute Gasteiger partial charge is 0.545 e. The summed E-state index contributed by atoms with van der Waals surface area (Å²) in [5.41, 5.74) is -0.0445. The van der Waals surface area contributed by atoms with Crippen molar-refractivity contribution in [1.82, 2.24) is 4.98 Å². The molecule has 1 heterocycles. The molecule has 2 aromatic rings. The van der Waals surface area contributed by atoms with E-state index in [0.29, 0.717) is 5.69 Å². The number of nitrogens with one attached hydrogen (secondary N) is 1. The highest BCUT2D eigenvalue weighted by Gasteiger charge is 2.15. The molecule has 5 nitrogen and oxygen atoms in total. The summed E-state index contributed by atoms with van der Waals surface area (Å²) >= 11 is 11.5. The van der Waals surface area contributed by atoms with Crippen molar-refractivity contribution in [3.8, 4) is 0 Å². The van der Waals surface area contributed by atoms with Crippen molar-refractivity contribution < 1.29 is 14.7 Å². The fourth-order valence-corrected chi connectivity index (χ4v) is 1.87. The molecule has 2 rings (SSSR count). The minimum absolute atomic E-state index is 0.0313. The first kappa shape index (κ1) is 14.3. The van der Waals surface area contributed by atoms with Crippen molar-refractivity contribution in [2.24, 2.45) is 0 Å². The highest BCUT2D eigenvalue weighted by atomic mass is 35.5. The summed E-state index contributed by atoms with van der Waals surface area (Å²) in [6, 6.07) is 5.50. The van der Waals surface area contributed by atoms with Gasteiger partial charge < -0.3 is 15.2 Å². The van der Waals surface area contributed by atoms with Crippen LogP contribution < -0.4 is 10.4 Å². The summed E-state index contributed by atoms with van der Waals surface area (Å²) in [6.45, 7) is 0. The molecule has 0 fully saturated rings. The normalized spacial score (nSPS) is 10.1. The average molecular weight is 310 g/mol. The number of benzene rings is 1. The van der Waals surface area contributed by atoms with Gasteiger partial charge in [-0.1, -0.05) is 23.2 Å². The Morgan fingerprint density at radius 2 is 1.80 bits per heavy atom. The van der Waals surface area contributed by atoms with Crippen LogP contribution >= 0.6 is 23.2 Å². The number of amides is 1. The predicted molar refractivity (Wildman–Crippen MR) is 73.0 cm³/mol. The summed E-state index contributed by atoms with van der Waals surface area (Å²) in [5, 5.41) is 13.7. The Hall–Kier alpha value is -2.11. The van der Waals surface area contributed by atoms with Crippen molar-refractivity contribution in [1.29, 1.82) is 0 Å². The first-order valence-electron chi connectivity index (χ1n) is 5.41. The van der Waals surface area contributed by atoms with Gasteiger partial charge in [0, 0.05) is 11.8 Å². The molecular formula is C13H7Cl2N2O3-. The monoisotopic (exact) mass is 309 g/mol. The van der Waals surface area contributed by atoms with Gasteiger partial charge >= 0.3 is 0 Å². The highest BCUT2D eigenvalue weighted by Crippen LogP contribution is 2.26. The van der Waals surface area contributed by atoms with E-state index in [2.05, 4.69) is 10.3 Å². The zero-order chi connectivity index (χ0) is 14.7. The van der Waals surface area contributed by atoms with Gasteiger partial charge in [-0.2, -0.15) is 0 Å². The van der Waals surface area contributed by atoms with Crippen LogP contribution in [0.15, 0.2) is 36.7 Å². The fourth-order valence-electron chi connectivity index (χ4n) is 1.54. The number of halogens is 2. The second-order valence-electron chi connectivity index (χ2n) is 3.80. The van der Waals surface area contributed by atoms with E-state index >= 15 is 0 Å². The summed E-state index contributed by atoms with van der Waals surface area (Å²) < 4.78 is 0. The van der Waals surface area contributed by atoms with Gasteiger partial charge in [-0.25, -0.2) is 0 Å². The molecule has 20 heavy (non-hydrogen) atoms. The maximum Gasteiger partial charge on any atom is 0.256 e. The lowest BCUT2D eigenvalue weighted by molar-refractivity contribution is -0.255. The molecule has 0 aliphatic rings. The minimum Gasteiger partial charge on any atom is -0.545 e. The number of nitrogens with zero attached hydrogens (tertiary/aromatic N) is 1. The van der Waals surface area contributed by atoms with Crippen molar-refractivity contribution in [2.45, 2.75) is 0 Å². The Balaban J connectivity index is 2.39. The van der Waals surface area contributed by atoms with Crippen molar-refractivity contribution in [3.63, 3.8) is 0 Å². The van der Waals surface area contributed by atoms with Gasteiger partial charge in [0.25, 0.3) is 5.91 Å². The van der Waals surface area contributed by atoms with Crippen LogP contribution in [0.5, 0.6) is 0 Å². The number of rotatable bonds is 3. The molecule has 0 saturated carbocycles. The number of pyridine rings is 1. The lowest BCUT2D eigenvalue weighted by atomic mass is 10.1. The number of anilines is 1. The van der Waals surface area contributed by atoms with E-state index in [9.17, 15) is 14.7 Å². The van der Waals surface area contributed by atoms with Crippen molar-refractivity contribution >= 4 is 40.8 Å². The average Bonchev–Trinajstić information content (AvgIpc) is 2.42. The van der Waals surface area contributed by atoms with E-state index in [1.165, 1.54) is 12.3 Å². The SMILES string of the molecule is O=C([O-])c1cc(Cl)c(Cl)cc1C(=O)Nc1cccnc1. The zero-order valence-corrected chi connectivity index (χ0v) is 11.4. The Bertz CT molecular complexity index is 675. The fraction of sp³-hybridized carbons (Fsp3) is 0. The molecule has 0 radical (unpaired) electrons. The maximum atomic E-state index is 12.1. The second-order valence-corrected chi connectivity index (χ2v) is 4.61. The molecule has 1 aromatic heterocycles. The Morgan fingerprint density at radius 1 is 1.15 bits per heavy atom. The summed E-state index contributed by atoms with van der Waals surface area (Å²) in [7, 11) is 0. The van der Waals surface area contributed by atoms with Gasteiger partial charge in [0.2, 0.25) is 0 Å². The summed E-state index contributed by atoms with van der Waals surface area (Å²) in [4.78, 5) is 26.9. The van der Waals surface area contributed by atoms with Crippen LogP contribution in [0.3, 0.4) is 0 Å². The first-order chi connectivity index (χ1) is 9.49. The number of hydrogen-bond donors (Lipinski definition) is 1. The second kappa shape index (κ2) is 5.90. The van der Waals surface area contributed by atoms with E-state index in [1.54, 1.807) is 18.3 Å². The molecule has 0 saturated heterocycles. The van der Waals surface area contributed by atoms with Crippen LogP contribution in [0.1, 0.15) is 20.7 Å². The number of carbonyl (C=O) groups is 2. The Kier molecular flexibility index (Phi) is 4.22. The number of carbonyl (C=O) groups excluding carboxylic acids is 2. The zero-order valence-electron chi connectivity index (χ0n) is 9.89. The van der Waals surface area contributed by atoms with Gasteiger partial charge in [-0.3, -0.25) is 9.78 Å². The minimum atomic E-state index is -1.51. The number of carboxylic acids is 1. The number of carboxylic acid groups (broad SMARTS) is 1. The molecule has 1 aromatic carbocycles.